The van der Waals surface area contributed by atoms with Crippen LogP contribution in [0.25, 0.3) is 0 Å². The van der Waals surface area contributed by atoms with Crippen molar-refractivity contribution < 1.29 is 0 Å². The molecule has 1 atom stereocenters. The first-order valence-electron chi connectivity index (χ1n) is 2.94. The molecule has 0 saturated heterocycles. The number of rotatable bonds is 1. The molecule has 1 unspecified atom stereocenters. The first-order chi connectivity index (χ1) is 4.74. The zero-order valence-electron chi connectivity index (χ0n) is 5.78. The summed E-state index contributed by atoms with van der Waals surface area (Å²) < 4.78 is 1.67. The Labute approximate surface area is 59.8 Å². The van der Waals surface area contributed by atoms with E-state index < -0.39 is 0 Å². The van der Waals surface area contributed by atoms with E-state index in [1.165, 1.54) is 0 Å². The fourth-order valence-electron chi connectivity index (χ4n) is 0.697. The van der Waals surface area contributed by atoms with Gasteiger partial charge in [0.05, 0.1) is 12.2 Å². The van der Waals surface area contributed by atoms with Crippen LogP contribution in [0.15, 0.2) is 12.4 Å². The Balaban J connectivity index is 2.87. The Bertz CT molecular complexity index is 256. The number of nitrogens with two attached hydrogens (primary N) is 1. The van der Waals surface area contributed by atoms with Crippen LogP contribution in [-0.2, 0) is 7.05 Å². The minimum atomic E-state index is -0.325. The van der Waals surface area contributed by atoms with Gasteiger partial charge in [-0.2, -0.15) is 5.10 Å². The van der Waals surface area contributed by atoms with E-state index in [0.717, 1.165) is 5.56 Å². The van der Waals surface area contributed by atoms with Gasteiger partial charge in [-0.3, -0.25) is 4.68 Å². The van der Waals surface area contributed by atoms with Crippen LogP contribution in [0.5, 0.6) is 0 Å². The molecular formula is C7H9N3. The molecule has 0 bridgehead atoms. The Morgan fingerprint density at radius 2 is 2.60 bits per heavy atom. The number of hydrogen-bond acceptors (Lipinski definition) is 2. The summed E-state index contributed by atoms with van der Waals surface area (Å²) in [5, 5.41) is 3.93. The van der Waals surface area contributed by atoms with Gasteiger partial charge in [0.15, 0.2) is 0 Å². The first-order valence-corrected chi connectivity index (χ1v) is 2.94. The molecule has 10 heavy (non-hydrogen) atoms. The minimum absolute atomic E-state index is 0.325. The highest BCUT2D eigenvalue weighted by atomic mass is 15.2. The minimum Gasteiger partial charge on any atom is -0.314 e. The third-order valence-corrected chi connectivity index (χ3v) is 1.26. The summed E-state index contributed by atoms with van der Waals surface area (Å²) in [5.74, 6) is 2.42. The standard InChI is InChI=1S/C7H9N3/c1-3-7(8)6-4-9-10(2)5-6/h1,4-5,7H,8H2,2H3. The van der Waals surface area contributed by atoms with Crippen LogP contribution in [0.4, 0.5) is 0 Å². The quantitative estimate of drug-likeness (QED) is 0.553. The van der Waals surface area contributed by atoms with Crippen LogP contribution in [0, 0.1) is 12.3 Å². The zero-order chi connectivity index (χ0) is 7.56. The Morgan fingerprint density at radius 3 is 3.00 bits per heavy atom. The van der Waals surface area contributed by atoms with Crippen molar-refractivity contribution in [1.29, 1.82) is 0 Å². The molecule has 0 saturated carbocycles. The van der Waals surface area contributed by atoms with Crippen molar-refractivity contribution >= 4 is 0 Å². The summed E-state index contributed by atoms with van der Waals surface area (Å²) in [5.41, 5.74) is 6.40. The van der Waals surface area contributed by atoms with Crippen molar-refractivity contribution in [3.8, 4) is 12.3 Å². The molecule has 3 nitrogen and oxygen atoms in total. The Kier molecular flexibility index (Phi) is 1.74. The largest absolute Gasteiger partial charge is 0.314 e. The normalized spacial score (nSPS) is 12.5. The summed E-state index contributed by atoms with van der Waals surface area (Å²) in [6.45, 7) is 0. The summed E-state index contributed by atoms with van der Waals surface area (Å²) in [4.78, 5) is 0. The number of aromatic nitrogens is 2. The first kappa shape index (κ1) is 6.84. The molecule has 0 spiro atoms. The average Bonchev–Trinajstić information content (AvgIpc) is 2.34. The second-order valence-electron chi connectivity index (χ2n) is 2.09. The van der Waals surface area contributed by atoms with E-state index >= 15 is 0 Å². The van der Waals surface area contributed by atoms with E-state index in [0.29, 0.717) is 0 Å². The third kappa shape index (κ3) is 1.17. The predicted octanol–water partition coefficient (Wildman–Crippen LogP) is 0.0531. The number of nitrogens with zero attached hydrogens (tertiary/aromatic N) is 2. The molecule has 1 aromatic rings. The van der Waals surface area contributed by atoms with E-state index in [1.807, 2.05) is 13.2 Å². The van der Waals surface area contributed by atoms with E-state index in [4.69, 9.17) is 12.2 Å². The van der Waals surface area contributed by atoms with Crippen molar-refractivity contribution in [2.24, 2.45) is 12.8 Å². The van der Waals surface area contributed by atoms with E-state index in [-0.39, 0.29) is 6.04 Å². The molecule has 1 rings (SSSR count). The molecule has 0 radical (unpaired) electrons. The van der Waals surface area contributed by atoms with Crippen LogP contribution >= 0.6 is 0 Å². The highest BCUT2D eigenvalue weighted by Crippen LogP contribution is 2.05. The average molecular weight is 135 g/mol. The molecule has 2 N–H and O–H groups in total. The van der Waals surface area contributed by atoms with Crippen LogP contribution in [0.3, 0.4) is 0 Å². The maximum absolute atomic E-state index is 5.52. The summed E-state index contributed by atoms with van der Waals surface area (Å²) in [6, 6.07) is -0.325. The Morgan fingerprint density at radius 1 is 1.90 bits per heavy atom. The third-order valence-electron chi connectivity index (χ3n) is 1.26. The fraction of sp³-hybridized carbons (Fsp3) is 0.286. The predicted molar refractivity (Wildman–Crippen MR) is 39.0 cm³/mol. The van der Waals surface area contributed by atoms with Gasteiger partial charge in [-0.1, -0.05) is 5.92 Å². The topological polar surface area (TPSA) is 43.8 Å². The molecule has 1 aromatic heterocycles. The van der Waals surface area contributed by atoms with Gasteiger partial charge >= 0.3 is 0 Å². The monoisotopic (exact) mass is 135 g/mol. The number of hydrogen-bond donors (Lipinski definition) is 1. The molecule has 0 fully saturated rings. The molecule has 0 aliphatic rings. The molecule has 0 aliphatic carbocycles. The summed E-state index contributed by atoms with van der Waals surface area (Å²) in [6.07, 6.45) is 8.58. The van der Waals surface area contributed by atoms with Crippen molar-refractivity contribution in [3.05, 3.63) is 18.0 Å². The van der Waals surface area contributed by atoms with Crippen molar-refractivity contribution in [3.63, 3.8) is 0 Å². The lowest BCUT2D eigenvalue weighted by molar-refractivity contribution is 0.766. The van der Waals surface area contributed by atoms with Crippen molar-refractivity contribution in [1.82, 2.24) is 9.78 Å². The molecule has 1 heterocycles. The van der Waals surface area contributed by atoms with Crippen molar-refractivity contribution in [2.75, 3.05) is 0 Å². The highest BCUT2D eigenvalue weighted by molar-refractivity contribution is 5.18. The zero-order valence-corrected chi connectivity index (χ0v) is 5.78. The van der Waals surface area contributed by atoms with Gasteiger partial charge in [0.2, 0.25) is 0 Å². The van der Waals surface area contributed by atoms with Crippen LogP contribution in [0.1, 0.15) is 11.6 Å². The maximum Gasteiger partial charge on any atom is 0.0948 e. The highest BCUT2D eigenvalue weighted by Gasteiger charge is 2.02. The van der Waals surface area contributed by atoms with Crippen LogP contribution in [-0.4, -0.2) is 9.78 Å². The van der Waals surface area contributed by atoms with Gasteiger partial charge in [0.25, 0.3) is 0 Å². The summed E-state index contributed by atoms with van der Waals surface area (Å²) >= 11 is 0. The van der Waals surface area contributed by atoms with Gasteiger partial charge < -0.3 is 5.73 Å². The second-order valence-corrected chi connectivity index (χ2v) is 2.09. The maximum atomic E-state index is 5.52. The molecular weight excluding hydrogens is 126 g/mol. The summed E-state index contributed by atoms with van der Waals surface area (Å²) in [7, 11) is 1.83. The van der Waals surface area contributed by atoms with Crippen LogP contribution in [0.2, 0.25) is 0 Å². The van der Waals surface area contributed by atoms with E-state index in [2.05, 4.69) is 11.0 Å². The van der Waals surface area contributed by atoms with Gasteiger partial charge in [-0.15, -0.1) is 6.42 Å². The lowest BCUT2D eigenvalue weighted by Gasteiger charge is -1.96. The molecule has 0 aliphatic heterocycles. The van der Waals surface area contributed by atoms with Gasteiger partial charge in [-0.05, 0) is 0 Å². The number of aryl methyl sites for hydroxylation is 1. The van der Waals surface area contributed by atoms with Crippen LogP contribution < -0.4 is 5.73 Å². The van der Waals surface area contributed by atoms with Gasteiger partial charge in [0, 0.05) is 18.8 Å². The van der Waals surface area contributed by atoms with Crippen molar-refractivity contribution in [2.45, 2.75) is 6.04 Å². The van der Waals surface area contributed by atoms with E-state index in [9.17, 15) is 0 Å². The SMILES string of the molecule is C#CC(N)c1cnn(C)c1. The smallest absolute Gasteiger partial charge is 0.0948 e. The number of terminal acetylenes is 1. The second kappa shape index (κ2) is 2.54. The lowest BCUT2D eigenvalue weighted by atomic mass is 10.2. The fourth-order valence-corrected chi connectivity index (χ4v) is 0.697. The molecule has 0 amide bonds. The van der Waals surface area contributed by atoms with E-state index in [1.54, 1.807) is 10.9 Å². The molecule has 0 aromatic carbocycles. The lowest BCUT2D eigenvalue weighted by Crippen LogP contribution is -2.05. The Hall–Kier alpha value is -1.27. The molecule has 3 heteroatoms. The van der Waals surface area contributed by atoms with Gasteiger partial charge in [-0.25, -0.2) is 0 Å². The van der Waals surface area contributed by atoms with Gasteiger partial charge in [0.1, 0.15) is 0 Å². The molecule has 52 valence electrons.